The molecule has 216 valence electrons. The van der Waals surface area contributed by atoms with E-state index in [1.807, 2.05) is 0 Å². The number of sulfonamides is 1. The zero-order valence-corrected chi connectivity index (χ0v) is 25.3. The summed E-state index contributed by atoms with van der Waals surface area (Å²) in [5.41, 5.74) is -0.0855. The van der Waals surface area contributed by atoms with E-state index in [9.17, 15) is 18.0 Å². The fourth-order valence-electron chi connectivity index (χ4n) is 4.32. The van der Waals surface area contributed by atoms with E-state index in [0.29, 0.717) is 29.1 Å². The number of carbonyl (C=O) groups excluding carboxylic acids is 2. The van der Waals surface area contributed by atoms with E-state index in [1.165, 1.54) is 17.4 Å². The monoisotopic (exact) mass is 580 g/mol. The van der Waals surface area contributed by atoms with E-state index in [2.05, 4.69) is 15.4 Å². The maximum atomic E-state index is 13.5. The molecule has 3 rings (SSSR count). The zero-order chi connectivity index (χ0) is 29.0. The number of nitrogens with one attached hydrogen (secondary N) is 3. The van der Waals surface area contributed by atoms with Gasteiger partial charge in [0.25, 0.3) is 0 Å². The Morgan fingerprint density at radius 2 is 1.72 bits per heavy atom. The first-order chi connectivity index (χ1) is 18.1. The number of hydrogen-bond donors (Lipinski definition) is 3. The van der Waals surface area contributed by atoms with E-state index in [0.717, 1.165) is 24.3 Å². The minimum Gasteiger partial charge on any atom is -0.447 e. The Bertz CT molecular complexity index is 1280. The maximum Gasteiger partial charge on any atom is 0.411 e. The first kappa shape index (κ1) is 30.8. The van der Waals surface area contributed by atoms with Crippen LogP contribution in [0.25, 0.3) is 10.4 Å². The van der Waals surface area contributed by atoms with Crippen LogP contribution in [0.15, 0.2) is 29.3 Å². The lowest BCUT2D eigenvalue weighted by atomic mass is 9.67. The minimum absolute atomic E-state index is 0.0377. The molecule has 12 heteroatoms. The highest BCUT2D eigenvalue weighted by molar-refractivity contribution is 7.89. The lowest BCUT2D eigenvalue weighted by Crippen LogP contribution is -2.40. The molecule has 2 aromatic rings. The Kier molecular flexibility index (Phi) is 9.66. The molecule has 1 aliphatic rings. The molecule has 0 spiro atoms. The molecule has 0 aliphatic heterocycles. The van der Waals surface area contributed by atoms with Crippen LogP contribution in [0.1, 0.15) is 79.2 Å². The number of benzene rings is 1. The van der Waals surface area contributed by atoms with Crippen LogP contribution in [0.5, 0.6) is 0 Å². The minimum atomic E-state index is -3.95. The molecular weight excluding hydrogens is 540 g/mol. The average molecular weight is 581 g/mol. The quantitative estimate of drug-likeness (QED) is 0.324. The van der Waals surface area contributed by atoms with Crippen molar-refractivity contribution in [3.05, 3.63) is 29.4 Å². The zero-order valence-electron chi connectivity index (χ0n) is 23.7. The van der Waals surface area contributed by atoms with Gasteiger partial charge in [-0.1, -0.05) is 12.5 Å². The fraction of sp³-hybridized carbons (Fsp3) is 0.593. The van der Waals surface area contributed by atoms with Gasteiger partial charge < -0.3 is 14.8 Å². The van der Waals surface area contributed by atoms with Gasteiger partial charge in [0.1, 0.15) is 0 Å². The number of thiazole rings is 1. The summed E-state index contributed by atoms with van der Waals surface area (Å²) in [5.74, 6) is 0. The molecule has 0 radical (unpaired) electrons. The highest BCUT2D eigenvalue weighted by Gasteiger charge is 2.41. The normalized spacial score (nSPS) is 15.1. The molecule has 1 fully saturated rings. The molecule has 10 nitrogen and oxygen atoms in total. The largest absolute Gasteiger partial charge is 0.447 e. The third-order valence-corrected chi connectivity index (χ3v) is 9.13. The number of hydrogen-bond acceptors (Lipinski definition) is 8. The van der Waals surface area contributed by atoms with Crippen LogP contribution in [-0.2, 0) is 24.9 Å². The average Bonchev–Trinajstić information content (AvgIpc) is 3.23. The molecule has 0 saturated heterocycles. The Labute approximate surface area is 235 Å². The summed E-state index contributed by atoms with van der Waals surface area (Å²) in [5, 5.41) is 6.34. The summed E-state index contributed by atoms with van der Waals surface area (Å²) >= 11 is 1.46. The summed E-state index contributed by atoms with van der Waals surface area (Å²) in [7, 11) is -3.95. The first-order valence-corrected chi connectivity index (χ1v) is 15.5. The van der Waals surface area contributed by atoms with Gasteiger partial charge in [-0.3, -0.25) is 5.32 Å². The molecule has 1 saturated carbocycles. The van der Waals surface area contributed by atoms with Gasteiger partial charge in [0.2, 0.25) is 10.0 Å². The summed E-state index contributed by atoms with van der Waals surface area (Å²) in [6.45, 7) is 12.8. The van der Waals surface area contributed by atoms with Crippen molar-refractivity contribution in [2.24, 2.45) is 0 Å². The van der Waals surface area contributed by atoms with Crippen molar-refractivity contribution in [3.8, 4) is 10.4 Å². The van der Waals surface area contributed by atoms with Gasteiger partial charge in [-0.25, -0.2) is 27.7 Å². The van der Waals surface area contributed by atoms with Gasteiger partial charge >= 0.3 is 12.2 Å². The molecule has 0 atom stereocenters. The number of carbonyl (C=O) groups is 2. The Balaban J connectivity index is 1.91. The lowest BCUT2D eigenvalue weighted by molar-refractivity contribution is 0.113. The molecular formula is C27H40N4O6S2. The number of amides is 2. The van der Waals surface area contributed by atoms with Gasteiger partial charge in [-0.2, -0.15) is 0 Å². The van der Waals surface area contributed by atoms with Gasteiger partial charge in [0.05, 0.1) is 27.0 Å². The van der Waals surface area contributed by atoms with Gasteiger partial charge in [0, 0.05) is 34.9 Å². The number of rotatable bonds is 10. The van der Waals surface area contributed by atoms with Crippen LogP contribution in [-0.4, -0.2) is 49.9 Å². The Morgan fingerprint density at radius 1 is 1.08 bits per heavy atom. The first-order valence-electron chi connectivity index (χ1n) is 13.2. The van der Waals surface area contributed by atoms with Crippen molar-refractivity contribution in [3.63, 3.8) is 0 Å². The lowest BCUT2D eigenvalue weighted by Gasteiger charge is -2.40. The predicted octanol–water partition coefficient (Wildman–Crippen LogP) is 5.79. The molecule has 1 aromatic heterocycles. The third kappa shape index (κ3) is 8.39. The van der Waals surface area contributed by atoms with Crippen LogP contribution in [0.4, 0.5) is 15.3 Å². The SMILES string of the molecule is CC(C)OC(=O)NCCC1(c2ncc(-c3ccc(NC(=O)OC(C)C)cc3S(=O)(=O)NC(C)(C)C)s2)CCC1. The summed E-state index contributed by atoms with van der Waals surface area (Å²) in [4.78, 5) is 29.5. The van der Waals surface area contributed by atoms with Gasteiger partial charge in [0.15, 0.2) is 0 Å². The van der Waals surface area contributed by atoms with Crippen molar-refractivity contribution in [2.45, 2.75) is 102 Å². The molecule has 1 aliphatic carbocycles. The van der Waals surface area contributed by atoms with Crippen molar-refractivity contribution in [1.29, 1.82) is 0 Å². The van der Waals surface area contributed by atoms with E-state index in [1.54, 1.807) is 66.8 Å². The van der Waals surface area contributed by atoms with Crippen molar-refractivity contribution in [1.82, 2.24) is 15.0 Å². The molecule has 1 aromatic carbocycles. The number of nitrogens with zero attached hydrogens (tertiary/aromatic N) is 1. The molecule has 0 unspecified atom stereocenters. The van der Waals surface area contributed by atoms with Crippen LogP contribution in [0.3, 0.4) is 0 Å². The van der Waals surface area contributed by atoms with Crippen LogP contribution < -0.4 is 15.4 Å². The highest BCUT2D eigenvalue weighted by atomic mass is 32.2. The standard InChI is InChI=1S/C27H40N4O6S2/c1-17(2)36-24(32)28-14-13-27(11-8-12-27)23-29-16-21(38-23)20-10-9-19(30-25(33)37-18(3)4)15-22(20)39(34,35)31-26(5,6)7/h9-10,15-18,31H,8,11-14H2,1-7H3,(H,28,32)(H,30,33). The second-order valence-corrected chi connectivity index (χ2v) is 14.1. The van der Waals surface area contributed by atoms with E-state index >= 15 is 0 Å². The molecule has 3 N–H and O–H groups in total. The van der Waals surface area contributed by atoms with Crippen molar-refractivity contribution in [2.75, 3.05) is 11.9 Å². The third-order valence-electron chi connectivity index (χ3n) is 6.05. The number of aromatic nitrogens is 1. The van der Waals surface area contributed by atoms with Gasteiger partial charge in [-0.15, -0.1) is 11.3 Å². The van der Waals surface area contributed by atoms with Crippen LogP contribution in [0.2, 0.25) is 0 Å². The van der Waals surface area contributed by atoms with Crippen molar-refractivity contribution < 1.29 is 27.5 Å². The predicted molar refractivity (Wildman–Crippen MR) is 153 cm³/mol. The molecule has 2 amide bonds. The van der Waals surface area contributed by atoms with E-state index in [-0.39, 0.29) is 22.5 Å². The molecule has 0 bridgehead atoms. The van der Waals surface area contributed by atoms with E-state index in [4.69, 9.17) is 14.5 Å². The number of anilines is 1. The second-order valence-electron chi connectivity index (χ2n) is 11.4. The Morgan fingerprint density at radius 3 is 2.28 bits per heavy atom. The van der Waals surface area contributed by atoms with Crippen LogP contribution in [0, 0.1) is 0 Å². The molecule has 1 heterocycles. The second kappa shape index (κ2) is 12.2. The number of alkyl carbamates (subject to hydrolysis) is 1. The highest BCUT2D eigenvalue weighted by Crippen LogP contribution is 2.49. The van der Waals surface area contributed by atoms with Crippen molar-refractivity contribution >= 4 is 39.2 Å². The maximum absolute atomic E-state index is 13.5. The fourth-order valence-corrected chi connectivity index (χ4v) is 7.28. The van der Waals surface area contributed by atoms with Crippen LogP contribution >= 0.6 is 11.3 Å². The Hall–Kier alpha value is -2.70. The number of ether oxygens (including phenoxy) is 2. The summed E-state index contributed by atoms with van der Waals surface area (Å²) < 4.78 is 40.0. The molecule has 39 heavy (non-hydrogen) atoms. The smallest absolute Gasteiger partial charge is 0.411 e. The topological polar surface area (TPSA) is 136 Å². The van der Waals surface area contributed by atoms with E-state index < -0.39 is 27.7 Å². The summed E-state index contributed by atoms with van der Waals surface area (Å²) in [6, 6.07) is 4.76. The van der Waals surface area contributed by atoms with Gasteiger partial charge in [-0.05, 0) is 79.9 Å². The summed E-state index contributed by atoms with van der Waals surface area (Å²) in [6.07, 6.45) is 3.75.